The molecule has 1 fully saturated rings. The summed E-state index contributed by atoms with van der Waals surface area (Å²) in [5, 5.41) is 0. The molecular weight excluding hydrogens is 214 g/mol. The Labute approximate surface area is 99.9 Å². The lowest BCUT2D eigenvalue weighted by Gasteiger charge is -2.29. The molecule has 4 heteroatoms. The topological polar surface area (TPSA) is 37.6 Å². The minimum absolute atomic E-state index is 0.374. The second-order valence-electron chi connectivity index (χ2n) is 4.61. The summed E-state index contributed by atoms with van der Waals surface area (Å²) in [5.41, 5.74) is 3.52. The van der Waals surface area contributed by atoms with Crippen LogP contribution in [-0.2, 0) is 4.79 Å². The van der Waals surface area contributed by atoms with Gasteiger partial charge in [0.1, 0.15) is 5.78 Å². The van der Waals surface area contributed by atoms with Crippen LogP contribution in [0.4, 0.5) is 5.69 Å². The highest BCUT2D eigenvalue weighted by Gasteiger charge is 2.18. The van der Waals surface area contributed by atoms with Crippen LogP contribution in [0.2, 0.25) is 0 Å². The number of carbonyl (C=O) groups excluding carboxylic acids is 1. The van der Waals surface area contributed by atoms with Gasteiger partial charge in [0.25, 0.3) is 0 Å². The standard InChI is InChI=1S/C13H15N3O/c1-10-6-12(13-7-14-9-16(13)8-10)15-4-2-11(17)3-5-15/h6-9H,2-5H2,1H3. The van der Waals surface area contributed by atoms with Crippen molar-refractivity contribution in [3.05, 3.63) is 30.4 Å². The third-order valence-corrected chi connectivity index (χ3v) is 3.30. The summed E-state index contributed by atoms with van der Waals surface area (Å²) in [6.45, 7) is 3.73. The van der Waals surface area contributed by atoms with Gasteiger partial charge in [-0.2, -0.15) is 0 Å². The van der Waals surface area contributed by atoms with Crippen molar-refractivity contribution in [1.29, 1.82) is 0 Å². The third kappa shape index (κ3) is 1.79. The molecule has 0 N–H and O–H groups in total. The molecule has 0 spiro atoms. The number of pyridine rings is 1. The van der Waals surface area contributed by atoms with Gasteiger partial charge in [0, 0.05) is 32.1 Å². The zero-order chi connectivity index (χ0) is 11.8. The van der Waals surface area contributed by atoms with E-state index in [9.17, 15) is 4.79 Å². The van der Waals surface area contributed by atoms with Crippen LogP contribution >= 0.6 is 0 Å². The second-order valence-corrected chi connectivity index (χ2v) is 4.61. The molecule has 1 aliphatic heterocycles. The van der Waals surface area contributed by atoms with Crippen LogP contribution in [0, 0.1) is 6.92 Å². The van der Waals surface area contributed by atoms with Crippen LogP contribution in [0.15, 0.2) is 24.8 Å². The number of imidazole rings is 1. The van der Waals surface area contributed by atoms with E-state index < -0.39 is 0 Å². The molecule has 2 aromatic heterocycles. The van der Waals surface area contributed by atoms with E-state index in [4.69, 9.17) is 0 Å². The molecule has 2 aromatic rings. The van der Waals surface area contributed by atoms with E-state index in [2.05, 4.69) is 29.1 Å². The molecule has 1 aliphatic rings. The number of piperidine rings is 1. The van der Waals surface area contributed by atoms with E-state index in [1.165, 1.54) is 11.3 Å². The molecule has 0 aliphatic carbocycles. The number of ketones is 1. The van der Waals surface area contributed by atoms with E-state index in [0.717, 1.165) is 18.6 Å². The Bertz CT molecular complexity index is 563. The number of Topliss-reactive ketones (excluding diaryl/α,β-unsaturated/α-hetero) is 1. The Morgan fingerprint density at radius 1 is 1.29 bits per heavy atom. The quantitative estimate of drug-likeness (QED) is 0.748. The molecule has 0 radical (unpaired) electrons. The summed E-state index contributed by atoms with van der Waals surface area (Å²) in [7, 11) is 0. The van der Waals surface area contributed by atoms with Crippen LogP contribution in [0.5, 0.6) is 0 Å². The first kappa shape index (κ1) is 10.3. The van der Waals surface area contributed by atoms with Crippen molar-refractivity contribution in [3.63, 3.8) is 0 Å². The molecule has 0 atom stereocenters. The van der Waals surface area contributed by atoms with E-state index in [0.29, 0.717) is 18.6 Å². The molecule has 0 amide bonds. The number of hydrogen-bond donors (Lipinski definition) is 0. The van der Waals surface area contributed by atoms with E-state index in [1.54, 1.807) is 0 Å². The summed E-state index contributed by atoms with van der Waals surface area (Å²) in [4.78, 5) is 17.7. The largest absolute Gasteiger partial charge is 0.369 e. The van der Waals surface area contributed by atoms with Crippen molar-refractivity contribution >= 4 is 17.0 Å². The van der Waals surface area contributed by atoms with Gasteiger partial charge in [0.15, 0.2) is 0 Å². The lowest BCUT2D eigenvalue weighted by atomic mass is 10.1. The maximum absolute atomic E-state index is 11.3. The molecule has 17 heavy (non-hydrogen) atoms. The first-order valence-electron chi connectivity index (χ1n) is 5.93. The fourth-order valence-corrected chi connectivity index (χ4v) is 2.40. The monoisotopic (exact) mass is 229 g/mol. The number of fused-ring (bicyclic) bond motifs is 1. The average molecular weight is 229 g/mol. The highest BCUT2D eigenvalue weighted by Crippen LogP contribution is 2.25. The SMILES string of the molecule is Cc1cc(N2CCC(=O)CC2)c2cncn2c1. The van der Waals surface area contributed by atoms with Crippen molar-refractivity contribution in [2.24, 2.45) is 0 Å². The highest BCUT2D eigenvalue weighted by atomic mass is 16.1. The number of aromatic nitrogens is 2. The van der Waals surface area contributed by atoms with Crippen molar-refractivity contribution in [2.75, 3.05) is 18.0 Å². The Balaban J connectivity index is 2.04. The predicted molar refractivity (Wildman–Crippen MR) is 66.4 cm³/mol. The van der Waals surface area contributed by atoms with Gasteiger partial charge in [-0.15, -0.1) is 0 Å². The lowest BCUT2D eigenvalue weighted by molar-refractivity contribution is -0.119. The number of aryl methyl sites for hydroxylation is 1. The molecule has 0 saturated carbocycles. The predicted octanol–water partition coefficient (Wildman–Crippen LogP) is 1.81. The summed E-state index contributed by atoms with van der Waals surface area (Å²) >= 11 is 0. The van der Waals surface area contributed by atoms with E-state index in [-0.39, 0.29) is 0 Å². The van der Waals surface area contributed by atoms with Crippen LogP contribution in [0.3, 0.4) is 0 Å². The molecule has 3 rings (SSSR count). The Morgan fingerprint density at radius 2 is 2.06 bits per heavy atom. The molecular formula is C13H15N3O. The van der Waals surface area contributed by atoms with Crippen molar-refractivity contribution in [3.8, 4) is 0 Å². The zero-order valence-electron chi connectivity index (χ0n) is 9.89. The average Bonchev–Trinajstić information content (AvgIpc) is 2.77. The third-order valence-electron chi connectivity index (χ3n) is 3.30. The first-order valence-corrected chi connectivity index (χ1v) is 5.93. The first-order chi connectivity index (χ1) is 8.24. The molecule has 0 aromatic carbocycles. The van der Waals surface area contributed by atoms with Gasteiger partial charge in [0.05, 0.1) is 23.7 Å². The molecule has 1 saturated heterocycles. The van der Waals surface area contributed by atoms with Crippen LogP contribution in [0.1, 0.15) is 18.4 Å². The minimum atomic E-state index is 0.374. The summed E-state index contributed by atoms with van der Waals surface area (Å²) in [6, 6.07) is 2.17. The van der Waals surface area contributed by atoms with Gasteiger partial charge in [-0.3, -0.25) is 4.79 Å². The van der Waals surface area contributed by atoms with Gasteiger partial charge >= 0.3 is 0 Å². The van der Waals surface area contributed by atoms with Crippen LogP contribution < -0.4 is 4.90 Å². The smallest absolute Gasteiger partial charge is 0.136 e. The van der Waals surface area contributed by atoms with Crippen LogP contribution in [-0.4, -0.2) is 28.3 Å². The van der Waals surface area contributed by atoms with Gasteiger partial charge in [-0.1, -0.05) is 0 Å². The fraction of sp³-hybridized carbons (Fsp3) is 0.385. The maximum Gasteiger partial charge on any atom is 0.136 e. The summed E-state index contributed by atoms with van der Waals surface area (Å²) < 4.78 is 2.04. The maximum atomic E-state index is 11.3. The van der Waals surface area contributed by atoms with E-state index >= 15 is 0 Å². The number of nitrogens with zero attached hydrogens (tertiary/aromatic N) is 3. The highest BCUT2D eigenvalue weighted by molar-refractivity contribution is 5.82. The lowest BCUT2D eigenvalue weighted by Crippen LogP contribution is -2.34. The second kappa shape index (κ2) is 3.87. The van der Waals surface area contributed by atoms with Gasteiger partial charge in [-0.05, 0) is 18.6 Å². The van der Waals surface area contributed by atoms with Crippen molar-refractivity contribution in [1.82, 2.24) is 9.38 Å². The fourth-order valence-electron chi connectivity index (χ4n) is 2.40. The number of hydrogen-bond acceptors (Lipinski definition) is 3. The van der Waals surface area contributed by atoms with Gasteiger partial charge < -0.3 is 9.30 Å². The number of carbonyl (C=O) groups is 1. The Kier molecular flexibility index (Phi) is 2.35. The minimum Gasteiger partial charge on any atom is -0.369 e. The summed E-state index contributed by atoms with van der Waals surface area (Å²) in [5.74, 6) is 0.374. The van der Waals surface area contributed by atoms with Crippen molar-refractivity contribution in [2.45, 2.75) is 19.8 Å². The Morgan fingerprint density at radius 3 is 2.82 bits per heavy atom. The molecule has 0 bridgehead atoms. The van der Waals surface area contributed by atoms with Gasteiger partial charge in [0.2, 0.25) is 0 Å². The summed E-state index contributed by atoms with van der Waals surface area (Å²) in [6.07, 6.45) is 7.09. The molecule has 3 heterocycles. The molecule has 88 valence electrons. The van der Waals surface area contributed by atoms with Crippen molar-refractivity contribution < 1.29 is 4.79 Å². The van der Waals surface area contributed by atoms with Gasteiger partial charge in [-0.25, -0.2) is 4.98 Å². The van der Waals surface area contributed by atoms with E-state index in [1.807, 2.05) is 16.9 Å². The number of anilines is 1. The zero-order valence-corrected chi connectivity index (χ0v) is 9.89. The molecule has 4 nitrogen and oxygen atoms in total. The van der Waals surface area contributed by atoms with Crippen LogP contribution in [0.25, 0.3) is 5.52 Å². The normalized spacial score (nSPS) is 16.8. The molecule has 0 unspecified atom stereocenters. The number of rotatable bonds is 1. The Hall–Kier alpha value is -1.84.